The Balaban J connectivity index is 1.78. The van der Waals surface area contributed by atoms with Crippen molar-refractivity contribution >= 4 is 33.1 Å². The maximum absolute atomic E-state index is 13.1. The first-order valence-corrected chi connectivity index (χ1v) is 9.61. The lowest BCUT2D eigenvalue weighted by Crippen LogP contribution is -2.36. The summed E-state index contributed by atoms with van der Waals surface area (Å²) in [6, 6.07) is 0. The van der Waals surface area contributed by atoms with Crippen LogP contribution in [0.25, 0.3) is 10.2 Å². The highest BCUT2D eigenvalue weighted by Gasteiger charge is 2.28. The van der Waals surface area contributed by atoms with Crippen molar-refractivity contribution in [1.29, 1.82) is 0 Å². The van der Waals surface area contributed by atoms with Gasteiger partial charge in [-0.3, -0.25) is 29.8 Å². The van der Waals surface area contributed by atoms with Crippen LogP contribution in [0.5, 0.6) is 0 Å². The number of amides is 1. The zero-order valence-corrected chi connectivity index (χ0v) is 16.4. The van der Waals surface area contributed by atoms with Crippen LogP contribution in [0.4, 0.5) is 5.69 Å². The van der Waals surface area contributed by atoms with E-state index in [1.165, 1.54) is 27.9 Å². The zero-order chi connectivity index (χ0) is 20.2. The summed E-state index contributed by atoms with van der Waals surface area (Å²) in [6.07, 6.45) is 3.86. The van der Waals surface area contributed by atoms with E-state index < -0.39 is 16.5 Å². The van der Waals surface area contributed by atoms with Gasteiger partial charge in [-0.05, 0) is 37.7 Å². The molecule has 146 valence electrons. The third-order valence-electron chi connectivity index (χ3n) is 4.93. The van der Waals surface area contributed by atoms with Crippen LogP contribution in [-0.4, -0.2) is 30.3 Å². The van der Waals surface area contributed by atoms with Gasteiger partial charge in [-0.25, -0.2) is 9.66 Å². The van der Waals surface area contributed by atoms with E-state index in [0.717, 1.165) is 35.7 Å². The first kappa shape index (κ1) is 18.3. The molecule has 0 spiro atoms. The maximum atomic E-state index is 13.1. The molecule has 10 nitrogen and oxygen atoms in total. The van der Waals surface area contributed by atoms with Crippen LogP contribution in [-0.2, 0) is 19.9 Å². The Morgan fingerprint density at radius 2 is 2.21 bits per heavy atom. The van der Waals surface area contributed by atoms with Crippen LogP contribution in [0, 0.1) is 23.0 Å². The molecule has 3 aromatic heterocycles. The highest BCUT2D eigenvalue weighted by molar-refractivity contribution is 7.18. The van der Waals surface area contributed by atoms with Gasteiger partial charge in [0.15, 0.2) is 0 Å². The van der Waals surface area contributed by atoms with E-state index in [0.29, 0.717) is 22.0 Å². The summed E-state index contributed by atoms with van der Waals surface area (Å²) >= 11 is 1.52. The highest BCUT2D eigenvalue weighted by Crippen LogP contribution is 2.35. The molecule has 4 rings (SSSR count). The zero-order valence-electron chi connectivity index (χ0n) is 15.6. The van der Waals surface area contributed by atoms with E-state index in [2.05, 4.69) is 22.4 Å². The van der Waals surface area contributed by atoms with Crippen molar-refractivity contribution in [3.8, 4) is 0 Å². The number of hydrogen-bond acceptors (Lipinski definition) is 7. The SMILES string of the molecule is Cc1nc2sc3c(c2c(=O)n1NC(=O)c1nn(C)cc1[N+](=O)[O-])CC[C@H](C)C3. The van der Waals surface area contributed by atoms with Gasteiger partial charge in [0.25, 0.3) is 11.5 Å². The van der Waals surface area contributed by atoms with Gasteiger partial charge in [-0.1, -0.05) is 6.92 Å². The molecule has 1 N–H and O–H groups in total. The summed E-state index contributed by atoms with van der Waals surface area (Å²) in [4.78, 5) is 42.5. The molecule has 0 radical (unpaired) electrons. The van der Waals surface area contributed by atoms with Crippen molar-refractivity contribution in [2.24, 2.45) is 13.0 Å². The number of carbonyl (C=O) groups is 1. The van der Waals surface area contributed by atoms with Crippen LogP contribution in [0.3, 0.4) is 0 Å². The lowest BCUT2D eigenvalue weighted by Gasteiger charge is -2.17. The third kappa shape index (κ3) is 2.87. The fourth-order valence-corrected chi connectivity index (χ4v) is 4.97. The number of rotatable bonds is 3. The van der Waals surface area contributed by atoms with Gasteiger partial charge < -0.3 is 0 Å². The minimum Gasteiger partial charge on any atom is -0.268 e. The lowest BCUT2D eigenvalue weighted by molar-refractivity contribution is -0.385. The third-order valence-corrected chi connectivity index (χ3v) is 6.08. The van der Waals surface area contributed by atoms with Crippen LogP contribution >= 0.6 is 11.3 Å². The van der Waals surface area contributed by atoms with Crippen molar-refractivity contribution in [2.45, 2.75) is 33.1 Å². The smallest absolute Gasteiger partial charge is 0.268 e. The molecule has 1 aliphatic rings. The van der Waals surface area contributed by atoms with Crippen molar-refractivity contribution in [1.82, 2.24) is 19.4 Å². The summed E-state index contributed by atoms with van der Waals surface area (Å²) in [6.45, 7) is 3.79. The number of nitrogens with zero attached hydrogens (tertiary/aromatic N) is 5. The van der Waals surface area contributed by atoms with Gasteiger partial charge in [0.1, 0.15) is 16.9 Å². The van der Waals surface area contributed by atoms with Crippen LogP contribution in [0.2, 0.25) is 0 Å². The predicted molar refractivity (Wildman–Crippen MR) is 103 cm³/mol. The molecule has 0 unspecified atom stereocenters. The number of nitrogens with one attached hydrogen (secondary N) is 1. The number of carbonyl (C=O) groups excluding carboxylic acids is 1. The van der Waals surface area contributed by atoms with E-state index >= 15 is 0 Å². The van der Waals surface area contributed by atoms with Gasteiger partial charge in [0.05, 0.1) is 10.3 Å². The Morgan fingerprint density at radius 3 is 2.93 bits per heavy atom. The Kier molecular flexibility index (Phi) is 4.26. The monoisotopic (exact) mass is 402 g/mol. The molecular weight excluding hydrogens is 384 g/mol. The maximum Gasteiger partial charge on any atom is 0.320 e. The van der Waals surface area contributed by atoms with Gasteiger partial charge in [-0.15, -0.1) is 11.3 Å². The second-order valence-corrected chi connectivity index (χ2v) is 8.15. The van der Waals surface area contributed by atoms with Crippen molar-refractivity contribution in [2.75, 3.05) is 5.43 Å². The Hall–Kier alpha value is -3.08. The van der Waals surface area contributed by atoms with Gasteiger partial charge in [-0.2, -0.15) is 5.10 Å². The van der Waals surface area contributed by atoms with E-state index in [9.17, 15) is 19.7 Å². The van der Waals surface area contributed by atoms with Crippen molar-refractivity contribution < 1.29 is 9.72 Å². The van der Waals surface area contributed by atoms with Gasteiger partial charge >= 0.3 is 5.69 Å². The normalized spacial score (nSPS) is 16.2. The number of hydrogen-bond donors (Lipinski definition) is 1. The molecule has 1 atom stereocenters. The molecule has 0 bridgehead atoms. The van der Waals surface area contributed by atoms with Crippen LogP contribution in [0.15, 0.2) is 11.0 Å². The minimum absolute atomic E-state index is 0.302. The van der Waals surface area contributed by atoms with Crippen LogP contribution in [0.1, 0.15) is 40.1 Å². The fraction of sp³-hybridized carbons (Fsp3) is 0.412. The number of nitro groups is 1. The highest BCUT2D eigenvalue weighted by atomic mass is 32.1. The Bertz CT molecular complexity index is 1190. The summed E-state index contributed by atoms with van der Waals surface area (Å²) in [5, 5.41) is 15.5. The van der Waals surface area contributed by atoms with Gasteiger partial charge in [0, 0.05) is 11.9 Å². The molecule has 1 aliphatic carbocycles. The molecule has 1 amide bonds. The Labute approximate surface area is 162 Å². The van der Waals surface area contributed by atoms with Crippen molar-refractivity contribution in [3.05, 3.63) is 48.6 Å². The summed E-state index contributed by atoms with van der Waals surface area (Å²) in [7, 11) is 1.48. The predicted octanol–water partition coefficient (Wildman–Crippen LogP) is 1.92. The van der Waals surface area contributed by atoms with E-state index in [1.807, 2.05) is 0 Å². The molecular formula is C17H18N6O4S. The molecule has 0 saturated heterocycles. The van der Waals surface area contributed by atoms with Gasteiger partial charge in [0.2, 0.25) is 5.69 Å². The summed E-state index contributed by atoms with van der Waals surface area (Å²) in [5.74, 6) is 0.0285. The molecule has 0 saturated carbocycles. The average molecular weight is 402 g/mol. The molecule has 28 heavy (non-hydrogen) atoms. The molecule has 3 heterocycles. The van der Waals surface area contributed by atoms with Crippen LogP contribution < -0.4 is 11.0 Å². The van der Waals surface area contributed by atoms with E-state index in [1.54, 1.807) is 6.92 Å². The molecule has 0 aliphatic heterocycles. The number of thiophene rings is 1. The molecule has 0 fully saturated rings. The summed E-state index contributed by atoms with van der Waals surface area (Å²) < 4.78 is 2.23. The second-order valence-electron chi connectivity index (χ2n) is 7.07. The van der Waals surface area contributed by atoms with E-state index in [-0.39, 0.29) is 11.3 Å². The molecule has 0 aromatic carbocycles. The first-order chi connectivity index (χ1) is 13.3. The minimum atomic E-state index is -0.837. The number of fused-ring (bicyclic) bond motifs is 3. The van der Waals surface area contributed by atoms with Crippen molar-refractivity contribution in [3.63, 3.8) is 0 Å². The second kappa shape index (κ2) is 6.51. The Morgan fingerprint density at radius 1 is 1.46 bits per heavy atom. The largest absolute Gasteiger partial charge is 0.320 e. The standard InChI is InChI=1S/C17H18N6O4S/c1-8-4-5-10-12(6-8)28-16-13(10)17(25)22(9(2)18-16)20-15(24)14-11(23(26)27)7-21(3)19-14/h7-8H,4-6H2,1-3H3,(H,20,24)/t8-/m0/s1. The first-order valence-electron chi connectivity index (χ1n) is 8.79. The fourth-order valence-electron chi connectivity index (χ4n) is 3.55. The summed E-state index contributed by atoms with van der Waals surface area (Å²) in [5.41, 5.74) is 2.27. The number of aryl methyl sites for hydroxylation is 3. The average Bonchev–Trinajstić information content (AvgIpc) is 3.18. The lowest BCUT2D eigenvalue weighted by atomic mass is 9.89. The molecule has 11 heteroatoms. The number of aromatic nitrogens is 4. The quantitative estimate of drug-likeness (QED) is 0.527. The van der Waals surface area contributed by atoms with E-state index in [4.69, 9.17) is 0 Å². The molecule has 3 aromatic rings. The topological polar surface area (TPSA) is 125 Å².